The average Bonchev–Trinajstić information content (AvgIpc) is 2.39. The molecule has 1 N–H and O–H groups in total. The summed E-state index contributed by atoms with van der Waals surface area (Å²) in [6.45, 7) is 7.16. The first-order chi connectivity index (χ1) is 8.96. The van der Waals surface area contributed by atoms with Crippen molar-refractivity contribution >= 4 is 11.6 Å². The molecule has 1 unspecified atom stereocenters. The fourth-order valence-electron chi connectivity index (χ4n) is 2.07. The Morgan fingerprint density at radius 1 is 1.32 bits per heavy atom. The van der Waals surface area contributed by atoms with E-state index < -0.39 is 0 Å². The molecular weight excluding hydrogens is 262 g/mol. The third kappa shape index (κ3) is 4.10. The highest BCUT2D eigenvalue weighted by Gasteiger charge is 2.32. The van der Waals surface area contributed by atoms with Crippen LogP contribution in [0.1, 0.15) is 38.8 Å². The fourth-order valence-corrected chi connectivity index (χ4v) is 2.25. The summed E-state index contributed by atoms with van der Waals surface area (Å²) in [5.74, 6) is 0.822. The summed E-state index contributed by atoms with van der Waals surface area (Å²) in [5, 5.41) is 4.22. The van der Waals surface area contributed by atoms with E-state index in [4.69, 9.17) is 21.1 Å². The van der Waals surface area contributed by atoms with Gasteiger partial charge >= 0.3 is 0 Å². The Balaban J connectivity index is 3.19. The van der Waals surface area contributed by atoms with Crippen molar-refractivity contribution in [2.24, 2.45) is 0 Å². The van der Waals surface area contributed by atoms with Crippen LogP contribution < -0.4 is 10.1 Å². The van der Waals surface area contributed by atoms with E-state index in [0.29, 0.717) is 5.02 Å². The topological polar surface area (TPSA) is 30.5 Å². The van der Waals surface area contributed by atoms with E-state index in [1.54, 1.807) is 14.2 Å². The van der Waals surface area contributed by atoms with Gasteiger partial charge in [-0.15, -0.1) is 0 Å². The Morgan fingerprint density at radius 3 is 2.53 bits per heavy atom. The predicted octanol–water partition coefficient (Wildman–Crippen LogP) is 3.81. The second kappa shape index (κ2) is 7.13. The maximum atomic E-state index is 6.12. The van der Waals surface area contributed by atoms with Crippen molar-refractivity contribution in [1.82, 2.24) is 5.32 Å². The smallest absolute Gasteiger partial charge is 0.123 e. The number of halogens is 1. The van der Waals surface area contributed by atoms with Gasteiger partial charge in [-0.1, -0.05) is 18.5 Å². The van der Waals surface area contributed by atoms with Crippen molar-refractivity contribution < 1.29 is 9.47 Å². The number of hydrogen-bond acceptors (Lipinski definition) is 3. The zero-order chi connectivity index (χ0) is 14.5. The molecule has 1 aromatic rings. The van der Waals surface area contributed by atoms with Crippen LogP contribution in [0.5, 0.6) is 5.75 Å². The van der Waals surface area contributed by atoms with E-state index in [2.05, 4.69) is 26.1 Å². The van der Waals surface area contributed by atoms with Gasteiger partial charge in [-0.25, -0.2) is 0 Å². The Hall–Kier alpha value is -0.770. The van der Waals surface area contributed by atoms with Crippen molar-refractivity contribution in [1.29, 1.82) is 0 Å². The van der Waals surface area contributed by atoms with Crippen molar-refractivity contribution in [3.63, 3.8) is 0 Å². The molecule has 0 bridgehead atoms. The third-order valence-corrected chi connectivity index (χ3v) is 3.56. The van der Waals surface area contributed by atoms with Crippen molar-refractivity contribution in [2.45, 2.75) is 38.8 Å². The summed E-state index contributed by atoms with van der Waals surface area (Å²) < 4.78 is 11.1. The first-order valence-corrected chi connectivity index (χ1v) is 6.96. The van der Waals surface area contributed by atoms with Gasteiger partial charge in [0, 0.05) is 17.7 Å². The van der Waals surface area contributed by atoms with E-state index in [1.165, 1.54) is 0 Å². The zero-order valence-electron chi connectivity index (χ0n) is 12.4. The molecule has 3 nitrogen and oxygen atoms in total. The van der Waals surface area contributed by atoms with Gasteiger partial charge in [-0.3, -0.25) is 0 Å². The van der Waals surface area contributed by atoms with Crippen LogP contribution in [0.3, 0.4) is 0 Å². The van der Waals surface area contributed by atoms with Crippen LogP contribution in [0.25, 0.3) is 0 Å². The second-order valence-corrected chi connectivity index (χ2v) is 5.52. The van der Waals surface area contributed by atoms with E-state index >= 15 is 0 Å². The highest BCUT2D eigenvalue weighted by atomic mass is 35.5. The molecule has 1 atom stereocenters. The highest BCUT2D eigenvalue weighted by molar-refractivity contribution is 6.30. The number of ether oxygens (including phenoxy) is 2. The van der Waals surface area contributed by atoms with Crippen molar-refractivity contribution in [3.8, 4) is 5.75 Å². The maximum Gasteiger partial charge on any atom is 0.123 e. The molecule has 0 saturated heterocycles. The Kier molecular flexibility index (Phi) is 6.11. The van der Waals surface area contributed by atoms with Gasteiger partial charge in [0.1, 0.15) is 5.75 Å². The molecule has 0 aliphatic carbocycles. The average molecular weight is 286 g/mol. The molecule has 0 aromatic heterocycles. The van der Waals surface area contributed by atoms with E-state index in [9.17, 15) is 0 Å². The predicted molar refractivity (Wildman–Crippen MR) is 80.1 cm³/mol. The minimum atomic E-state index is -0.354. The van der Waals surface area contributed by atoms with Gasteiger partial charge in [0.15, 0.2) is 0 Å². The molecule has 1 rings (SSSR count). The molecule has 108 valence electrons. The largest absolute Gasteiger partial charge is 0.496 e. The highest BCUT2D eigenvalue weighted by Crippen LogP contribution is 2.35. The zero-order valence-corrected chi connectivity index (χ0v) is 13.2. The van der Waals surface area contributed by atoms with Gasteiger partial charge in [0.2, 0.25) is 0 Å². The lowest BCUT2D eigenvalue weighted by atomic mass is 9.90. The maximum absolute atomic E-state index is 6.12. The summed E-state index contributed by atoms with van der Waals surface area (Å²) in [5.41, 5.74) is 0.669. The fraction of sp³-hybridized carbons (Fsp3) is 0.600. The molecule has 0 fully saturated rings. The lowest BCUT2D eigenvalue weighted by molar-refractivity contribution is -0.0116. The molecule has 0 radical (unpaired) electrons. The quantitative estimate of drug-likeness (QED) is 0.826. The lowest BCUT2D eigenvalue weighted by Gasteiger charge is -2.35. The standard InChI is InChI=1S/C15H24ClNO2/c1-6-9-17-14(15(2,3)19-5)12-10-11(16)7-8-13(12)18-4/h7-8,10,14,17H,6,9H2,1-5H3. The Bertz CT molecular complexity index is 407. The minimum absolute atomic E-state index is 0.0195. The molecule has 0 aliphatic rings. The molecule has 0 saturated carbocycles. The summed E-state index contributed by atoms with van der Waals surface area (Å²) in [4.78, 5) is 0. The summed E-state index contributed by atoms with van der Waals surface area (Å²) in [6.07, 6.45) is 1.05. The minimum Gasteiger partial charge on any atom is -0.496 e. The SMILES string of the molecule is CCCNC(c1cc(Cl)ccc1OC)C(C)(C)OC. The van der Waals surface area contributed by atoms with Gasteiger partial charge < -0.3 is 14.8 Å². The van der Waals surface area contributed by atoms with Crippen molar-refractivity contribution in [2.75, 3.05) is 20.8 Å². The number of nitrogens with one attached hydrogen (secondary N) is 1. The first kappa shape index (κ1) is 16.3. The van der Waals surface area contributed by atoms with Gasteiger partial charge in [-0.2, -0.15) is 0 Å². The Labute approximate surface area is 121 Å². The molecule has 0 amide bonds. The number of hydrogen-bond donors (Lipinski definition) is 1. The van der Waals surface area contributed by atoms with E-state index in [-0.39, 0.29) is 11.6 Å². The van der Waals surface area contributed by atoms with Gasteiger partial charge in [0.25, 0.3) is 0 Å². The monoisotopic (exact) mass is 285 g/mol. The summed E-state index contributed by atoms with van der Waals surface area (Å²) >= 11 is 6.12. The van der Waals surface area contributed by atoms with Gasteiger partial charge in [0.05, 0.1) is 18.8 Å². The van der Waals surface area contributed by atoms with Crippen LogP contribution in [0.2, 0.25) is 5.02 Å². The molecule has 1 aromatic carbocycles. The van der Waals surface area contributed by atoms with Crippen LogP contribution >= 0.6 is 11.6 Å². The molecule has 0 heterocycles. The van der Waals surface area contributed by atoms with E-state index in [0.717, 1.165) is 24.3 Å². The molecule has 4 heteroatoms. The molecule has 0 aliphatic heterocycles. The first-order valence-electron chi connectivity index (χ1n) is 6.58. The Morgan fingerprint density at radius 2 is 2.00 bits per heavy atom. The normalized spacial score (nSPS) is 13.4. The van der Waals surface area contributed by atoms with Crippen LogP contribution in [0.15, 0.2) is 18.2 Å². The van der Waals surface area contributed by atoms with Crippen LogP contribution in [-0.4, -0.2) is 26.4 Å². The molecule has 19 heavy (non-hydrogen) atoms. The third-order valence-electron chi connectivity index (χ3n) is 3.32. The van der Waals surface area contributed by atoms with Crippen molar-refractivity contribution in [3.05, 3.63) is 28.8 Å². The number of methoxy groups -OCH3 is 2. The second-order valence-electron chi connectivity index (χ2n) is 5.08. The summed E-state index contributed by atoms with van der Waals surface area (Å²) in [6, 6.07) is 5.69. The molecular formula is C15H24ClNO2. The molecule has 0 spiro atoms. The van der Waals surface area contributed by atoms with Crippen LogP contribution in [-0.2, 0) is 4.74 Å². The number of rotatable bonds is 7. The van der Waals surface area contributed by atoms with E-state index in [1.807, 2.05) is 18.2 Å². The van der Waals surface area contributed by atoms with Crippen LogP contribution in [0.4, 0.5) is 0 Å². The number of benzene rings is 1. The lowest BCUT2D eigenvalue weighted by Crippen LogP contribution is -2.41. The van der Waals surface area contributed by atoms with Gasteiger partial charge in [-0.05, 0) is 45.0 Å². The summed E-state index contributed by atoms with van der Waals surface area (Å²) in [7, 11) is 3.39. The van der Waals surface area contributed by atoms with Crippen LogP contribution in [0, 0.1) is 0 Å².